The van der Waals surface area contributed by atoms with Crippen LogP contribution in [0, 0.1) is 0 Å². The fourth-order valence-electron chi connectivity index (χ4n) is 3.42. The second kappa shape index (κ2) is 8.86. The lowest BCUT2D eigenvalue weighted by atomic mass is 10.2. The van der Waals surface area contributed by atoms with Gasteiger partial charge in [0.05, 0.1) is 28.4 Å². The molecular formula is C21H24N4OS2. The molecule has 1 aliphatic heterocycles. The van der Waals surface area contributed by atoms with E-state index in [1.54, 1.807) is 22.7 Å². The van der Waals surface area contributed by atoms with Gasteiger partial charge >= 0.3 is 0 Å². The van der Waals surface area contributed by atoms with E-state index in [0.29, 0.717) is 6.42 Å². The second-order valence-corrected chi connectivity index (χ2v) is 8.59. The SMILES string of the molecule is CCN1CCN(c2ccccc2NC(=O)Cc2csc(-c3cccs3)n2)CC1. The molecule has 1 fully saturated rings. The number of piperazine rings is 1. The lowest BCUT2D eigenvalue weighted by Gasteiger charge is -2.36. The summed E-state index contributed by atoms with van der Waals surface area (Å²) >= 11 is 3.26. The number of nitrogens with one attached hydrogen (secondary N) is 1. The summed E-state index contributed by atoms with van der Waals surface area (Å²) in [5.74, 6) is -0.0253. The standard InChI is InChI=1S/C21H24N4OS2/c1-2-24-9-11-25(12-10-24)18-7-4-3-6-17(18)23-20(26)14-16-15-28-21(22-16)19-8-5-13-27-19/h3-8,13,15H,2,9-12,14H2,1H3,(H,23,26). The topological polar surface area (TPSA) is 48.5 Å². The van der Waals surface area contributed by atoms with Gasteiger partial charge in [0, 0.05) is 31.6 Å². The molecule has 0 aliphatic carbocycles. The maximum absolute atomic E-state index is 12.6. The normalized spacial score (nSPS) is 15.0. The van der Waals surface area contributed by atoms with Crippen molar-refractivity contribution in [2.75, 3.05) is 42.9 Å². The molecule has 1 N–H and O–H groups in total. The van der Waals surface area contributed by atoms with Crippen molar-refractivity contribution in [3.63, 3.8) is 0 Å². The molecule has 1 amide bonds. The van der Waals surface area contributed by atoms with Crippen LogP contribution in [0.4, 0.5) is 11.4 Å². The fourth-order valence-corrected chi connectivity index (χ4v) is 5.05. The Morgan fingerprint density at radius 3 is 2.68 bits per heavy atom. The van der Waals surface area contributed by atoms with Crippen molar-refractivity contribution in [3.8, 4) is 9.88 Å². The molecule has 1 saturated heterocycles. The first-order valence-corrected chi connectivity index (χ1v) is 11.3. The van der Waals surface area contributed by atoms with Crippen LogP contribution in [-0.4, -0.2) is 48.5 Å². The van der Waals surface area contributed by atoms with Crippen LogP contribution in [0.15, 0.2) is 47.2 Å². The number of nitrogens with zero attached hydrogens (tertiary/aromatic N) is 3. The highest BCUT2D eigenvalue weighted by Gasteiger charge is 2.19. The summed E-state index contributed by atoms with van der Waals surface area (Å²) in [5, 5.41) is 8.10. The van der Waals surface area contributed by atoms with Crippen LogP contribution in [0.2, 0.25) is 0 Å². The molecule has 1 aliphatic rings. The van der Waals surface area contributed by atoms with Crippen molar-refractivity contribution >= 4 is 40.0 Å². The second-order valence-electron chi connectivity index (χ2n) is 6.78. The highest BCUT2D eigenvalue weighted by Crippen LogP contribution is 2.29. The molecule has 0 saturated carbocycles. The van der Waals surface area contributed by atoms with Crippen LogP contribution in [0.1, 0.15) is 12.6 Å². The van der Waals surface area contributed by atoms with Gasteiger partial charge in [-0.3, -0.25) is 4.79 Å². The van der Waals surface area contributed by atoms with Crippen LogP contribution in [0.25, 0.3) is 9.88 Å². The van der Waals surface area contributed by atoms with Gasteiger partial charge in [0.1, 0.15) is 5.01 Å². The van der Waals surface area contributed by atoms with Crippen LogP contribution in [0.3, 0.4) is 0 Å². The van der Waals surface area contributed by atoms with Gasteiger partial charge in [-0.15, -0.1) is 22.7 Å². The Morgan fingerprint density at radius 2 is 1.93 bits per heavy atom. The number of carbonyl (C=O) groups is 1. The van der Waals surface area contributed by atoms with Crippen LogP contribution < -0.4 is 10.2 Å². The number of aromatic nitrogens is 1. The fraction of sp³-hybridized carbons (Fsp3) is 0.333. The van der Waals surface area contributed by atoms with Gasteiger partial charge in [0.2, 0.25) is 5.91 Å². The molecule has 2 aromatic heterocycles. The molecule has 3 heterocycles. The van der Waals surface area contributed by atoms with Crippen molar-refractivity contribution in [1.29, 1.82) is 0 Å². The molecule has 3 aromatic rings. The van der Waals surface area contributed by atoms with Gasteiger partial charge in [0.25, 0.3) is 0 Å². The predicted octanol–water partition coefficient (Wildman–Crippen LogP) is 4.19. The van der Waals surface area contributed by atoms with Crippen molar-refractivity contribution in [2.45, 2.75) is 13.3 Å². The van der Waals surface area contributed by atoms with E-state index in [2.05, 4.69) is 39.2 Å². The van der Waals surface area contributed by atoms with E-state index in [1.807, 2.05) is 35.0 Å². The summed E-state index contributed by atoms with van der Waals surface area (Å²) in [6.07, 6.45) is 0.291. The zero-order chi connectivity index (χ0) is 19.3. The minimum atomic E-state index is -0.0253. The number of anilines is 2. The number of para-hydroxylation sites is 2. The summed E-state index contributed by atoms with van der Waals surface area (Å²) in [7, 11) is 0. The molecule has 146 valence electrons. The van der Waals surface area contributed by atoms with E-state index in [-0.39, 0.29) is 5.91 Å². The average molecular weight is 413 g/mol. The minimum absolute atomic E-state index is 0.0253. The maximum atomic E-state index is 12.6. The molecule has 28 heavy (non-hydrogen) atoms. The van der Waals surface area contributed by atoms with Gasteiger partial charge in [-0.1, -0.05) is 25.1 Å². The molecule has 0 atom stereocenters. The summed E-state index contributed by atoms with van der Waals surface area (Å²) in [6.45, 7) is 7.37. The zero-order valence-electron chi connectivity index (χ0n) is 15.9. The summed E-state index contributed by atoms with van der Waals surface area (Å²) < 4.78 is 0. The van der Waals surface area contributed by atoms with E-state index < -0.39 is 0 Å². The molecule has 7 heteroatoms. The van der Waals surface area contributed by atoms with Crippen LogP contribution in [-0.2, 0) is 11.2 Å². The number of rotatable bonds is 6. The number of carbonyl (C=O) groups excluding carboxylic acids is 1. The number of thiophene rings is 1. The Balaban J connectivity index is 1.41. The molecule has 0 radical (unpaired) electrons. The Morgan fingerprint density at radius 1 is 1.11 bits per heavy atom. The third kappa shape index (κ3) is 4.43. The van der Waals surface area contributed by atoms with Crippen LogP contribution in [0.5, 0.6) is 0 Å². The molecule has 0 unspecified atom stereocenters. The molecule has 5 nitrogen and oxygen atoms in total. The lowest BCUT2D eigenvalue weighted by molar-refractivity contribution is -0.115. The third-order valence-electron chi connectivity index (χ3n) is 4.96. The summed E-state index contributed by atoms with van der Waals surface area (Å²) in [5.41, 5.74) is 2.80. The van der Waals surface area contributed by atoms with Crippen LogP contribution >= 0.6 is 22.7 Å². The Hall–Kier alpha value is -2.22. The third-order valence-corrected chi connectivity index (χ3v) is 6.89. The van der Waals surface area contributed by atoms with Gasteiger partial charge < -0.3 is 15.1 Å². The summed E-state index contributed by atoms with van der Waals surface area (Å²) in [6, 6.07) is 12.2. The zero-order valence-corrected chi connectivity index (χ0v) is 17.6. The lowest BCUT2D eigenvalue weighted by Crippen LogP contribution is -2.46. The van der Waals surface area contributed by atoms with Crippen molar-refractivity contribution in [2.24, 2.45) is 0 Å². The monoisotopic (exact) mass is 412 g/mol. The highest BCUT2D eigenvalue weighted by molar-refractivity contribution is 7.20. The molecule has 1 aromatic carbocycles. The number of thiazole rings is 1. The molecule has 0 bridgehead atoms. The predicted molar refractivity (Wildman–Crippen MR) is 119 cm³/mol. The average Bonchev–Trinajstić information content (AvgIpc) is 3.40. The first-order valence-electron chi connectivity index (χ1n) is 9.57. The Kier molecular flexibility index (Phi) is 6.04. The molecule has 0 spiro atoms. The number of hydrogen-bond acceptors (Lipinski definition) is 6. The van der Waals surface area contributed by atoms with Gasteiger partial charge in [-0.25, -0.2) is 4.98 Å². The molecular weight excluding hydrogens is 388 g/mol. The number of likely N-dealkylation sites (N-methyl/N-ethyl adjacent to an activating group) is 1. The van der Waals surface area contributed by atoms with Gasteiger partial charge in [-0.2, -0.15) is 0 Å². The maximum Gasteiger partial charge on any atom is 0.230 e. The van der Waals surface area contributed by atoms with Gasteiger partial charge in [0.15, 0.2) is 0 Å². The van der Waals surface area contributed by atoms with Gasteiger partial charge in [-0.05, 0) is 30.1 Å². The van der Waals surface area contributed by atoms with Crippen molar-refractivity contribution in [3.05, 3.63) is 52.9 Å². The van der Waals surface area contributed by atoms with E-state index in [1.165, 1.54) is 0 Å². The van der Waals surface area contributed by atoms with E-state index in [0.717, 1.165) is 59.7 Å². The highest BCUT2D eigenvalue weighted by atomic mass is 32.1. The van der Waals surface area contributed by atoms with Crippen molar-refractivity contribution in [1.82, 2.24) is 9.88 Å². The number of benzene rings is 1. The van der Waals surface area contributed by atoms with Crippen molar-refractivity contribution < 1.29 is 4.79 Å². The quantitative estimate of drug-likeness (QED) is 0.659. The smallest absolute Gasteiger partial charge is 0.230 e. The molecule has 4 rings (SSSR count). The first-order chi connectivity index (χ1) is 13.7. The first kappa shape index (κ1) is 19.1. The Labute approximate surface area is 173 Å². The van der Waals surface area contributed by atoms with E-state index in [9.17, 15) is 4.79 Å². The summed E-state index contributed by atoms with van der Waals surface area (Å²) in [4.78, 5) is 23.2. The number of hydrogen-bond donors (Lipinski definition) is 1. The largest absolute Gasteiger partial charge is 0.367 e. The Bertz CT molecular complexity index is 914. The van der Waals surface area contributed by atoms with E-state index in [4.69, 9.17) is 0 Å². The number of amides is 1. The minimum Gasteiger partial charge on any atom is -0.367 e. The van der Waals surface area contributed by atoms with E-state index >= 15 is 0 Å².